The molecule has 2 aromatic carbocycles. The number of nitrogens with zero attached hydrogens (tertiary/aromatic N) is 1. The van der Waals surface area contributed by atoms with Crippen molar-refractivity contribution < 1.29 is 4.79 Å². The molecule has 3 aromatic rings. The van der Waals surface area contributed by atoms with Crippen molar-refractivity contribution in [1.29, 1.82) is 0 Å². The van der Waals surface area contributed by atoms with Crippen LogP contribution in [0.5, 0.6) is 0 Å². The minimum atomic E-state index is -0.0644. The van der Waals surface area contributed by atoms with Gasteiger partial charge in [0.2, 0.25) is 5.91 Å². The molecule has 0 saturated carbocycles. The lowest BCUT2D eigenvalue weighted by Gasteiger charge is -2.13. The third kappa shape index (κ3) is 3.37. The van der Waals surface area contributed by atoms with E-state index in [9.17, 15) is 4.79 Å². The first kappa shape index (κ1) is 15.6. The molecule has 0 spiro atoms. The van der Waals surface area contributed by atoms with E-state index in [-0.39, 0.29) is 5.91 Å². The Morgan fingerprint density at radius 2 is 1.61 bits per heavy atom. The minimum absolute atomic E-state index is 0.0644. The van der Waals surface area contributed by atoms with Crippen LogP contribution in [0.15, 0.2) is 65.1 Å². The van der Waals surface area contributed by atoms with Gasteiger partial charge in [0.15, 0.2) is 0 Å². The van der Waals surface area contributed by atoms with Gasteiger partial charge in [0.05, 0.1) is 5.69 Å². The third-order valence-corrected chi connectivity index (χ3v) is 4.19. The molecule has 0 fully saturated rings. The van der Waals surface area contributed by atoms with Crippen LogP contribution in [0.3, 0.4) is 0 Å². The number of nitrogens with one attached hydrogen (secondary N) is 1. The summed E-state index contributed by atoms with van der Waals surface area (Å²) in [5.41, 5.74) is 5.33. The first-order chi connectivity index (χ1) is 11.0. The molecule has 4 heteroatoms. The van der Waals surface area contributed by atoms with Crippen molar-refractivity contribution in [3.63, 3.8) is 0 Å². The van der Waals surface area contributed by atoms with E-state index >= 15 is 0 Å². The maximum atomic E-state index is 11.1. The predicted octanol–water partition coefficient (Wildman–Crippen LogP) is 5.17. The largest absolute Gasteiger partial charge is 0.326 e. The highest BCUT2D eigenvalue weighted by molar-refractivity contribution is 9.10. The number of carbonyl (C=O) groups is 1. The van der Waals surface area contributed by atoms with E-state index in [2.05, 4.69) is 57.0 Å². The van der Waals surface area contributed by atoms with Crippen LogP contribution in [-0.2, 0) is 4.79 Å². The van der Waals surface area contributed by atoms with Crippen molar-refractivity contribution in [2.24, 2.45) is 0 Å². The number of halogens is 1. The summed E-state index contributed by atoms with van der Waals surface area (Å²) in [4.78, 5) is 11.1. The van der Waals surface area contributed by atoms with E-state index in [0.29, 0.717) is 0 Å². The van der Waals surface area contributed by atoms with Gasteiger partial charge in [0.1, 0.15) is 0 Å². The Hall–Kier alpha value is -2.33. The molecule has 1 amide bonds. The Labute approximate surface area is 144 Å². The van der Waals surface area contributed by atoms with Gasteiger partial charge < -0.3 is 9.88 Å². The number of amides is 1. The van der Waals surface area contributed by atoms with Crippen LogP contribution in [0, 0.1) is 6.92 Å². The number of anilines is 1. The Bertz CT molecular complexity index is 833. The first-order valence-corrected chi connectivity index (χ1v) is 8.16. The van der Waals surface area contributed by atoms with Crippen molar-refractivity contribution in [2.45, 2.75) is 13.8 Å². The summed E-state index contributed by atoms with van der Waals surface area (Å²) in [6.45, 7) is 3.60. The van der Waals surface area contributed by atoms with Crippen LogP contribution in [0.2, 0.25) is 0 Å². The number of hydrogen-bond acceptors (Lipinski definition) is 1. The standard InChI is InChI=1S/C19H17BrN2O/c1-13-3-12-19(15-4-6-16(20)7-5-15)22(13)18-10-8-17(9-11-18)21-14(2)23/h3-12H,1-2H3,(H,21,23). The lowest BCUT2D eigenvalue weighted by Crippen LogP contribution is -2.06. The zero-order valence-electron chi connectivity index (χ0n) is 13.0. The first-order valence-electron chi connectivity index (χ1n) is 7.37. The second kappa shape index (κ2) is 6.42. The molecular formula is C19H17BrN2O. The normalized spacial score (nSPS) is 10.6. The fourth-order valence-corrected chi connectivity index (χ4v) is 2.89. The Kier molecular flexibility index (Phi) is 4.35. The molecule has 3 rings (SSSR count). The molecule has 116 valence electrons. The van der Waals surface area contributed by atoms with Crippen LogP contribution in [0.4, 0.5) is 5.69 Å². The van der Waals surface area contributed by atoms with Crippen molar-refractivity contribution >= 4 is 27.5 Å². The molecule has 23 heavy (non-hydrogen) atoms. The highest BCUT2D eigenvalue weighted by Crippen LogP contribution is 2.28. The van der Waals surface area contributed by atoms with Gasteiger partial charge in [0, 0.05) is 28.5 Å². The fourth-order valence-electron chi connectivity index (χ4n) is 2.62. The highest BCUT2D eigenvalue weighted by Gasteiger charge is 2.09. The van der Waals surface area contributed by atoms with Gasteiger partial charge in [-0.05, 0) is 61.0 Å². The summed E-state index contributed by atoms with van der Waals surface area (Å²) >= 11 is 3.47. The topological polar surface area (TPSA) is 34.0 Å². The molecular weight excluding hydrogens is 352 g/mol. The summed E-state index contributed by atoms with van der Waals surface area (Å²) in [7, 11) is 0. The number of aryl methyl sites for hydroxylation is 1. The van der Waals surface area contributed by atoms with Gasteiger partial charge in [-0.1, -0.05) is 28.1 Å². The van der Waals surface area contributed by atoms with E-state index in [1.165, 1.54) is 6.92 Å². The predicted molar refractivity (Wildman–Crippen MR) is 97.9 cm³/mol. The van der Waals surface area contributed by atoms with Crippen molar-refractivity contribution in [1.82, 2.24) is 4.57 Å². The van der Waals surface area contributed by atoms with Crippen LogP contribution in [-0.4, -0.2) is 10.5 Å². The molecule has 3 nitrogen and oxygen atoms in total. The molecule has 0 aliphatic heterocycles. The average Bonchev–Trinajstić information content (AvgIpc) is 2.90. The zero-order valence-corrected chi connectivity index (χ0v) is 14.6. The molecule has 0 unspecified atom stereocenters. The van der Waals surface area contributed by atoms with Gasteiger partial charge in [-0.2, -0.15) is 0 Å². The molecule has 0 atom stereocenters. The van der Waals surface area contributed by atoms with Crippen molar-refractivity contribution in [3.05, 3.63) is 70.8 Å². The minimum Gasteiger partial charge on any atom is -0.326 e. The zero-order chi connectivity index (χ0) is 16.4. The lowest BCUT2D eigenvalue weighted by atomic mass is 10.1. The summed E-state index contributed by atoms with van der Waals surface area (Å²) in [6.07, 6.45) is 0. The Balaban J connectivity index is 2.01. The fraction of sp³-hybridized carbons (Fsp3) is 0.105. The van der Waals surface area contributed by atoms with Gasteiger partial charge in [-0.3, -0.25) is 4.79 Å². The Morgan fingerprint density at radius 1 is 0.957 bits per heavy atom. The van der Waals surface area contributed by atoms with Gasteiger partial charge in [0.25, 0.3) is 0 Å². The maximum Gasteiger partial charge on any atom is 0.221 e. The third-order valence-electron chi connectivity index (χ3n) is 3.66. The summed E-state index contributed by atoms with van der Waals surface area (Å²) in [5, 5.41) is 2.79. The van der Waals surface area contributed by atoms with E-state index in [0.717, 1.165) is 32.8 Å². The quantitative estimate of drug-likeness (QED) is 0.679. The molecule has 0 saturated heterocycles. The summed E-state index contributed by atoms with van der Waals surface area (Å²) < 4.78 is 3.27. The molecule has 1 heterocycles. The monoisotopic (exact) mass is 368 g/mol. The maximum absolute atomic E-state index is 11.1. The number of hydrogen-bond donors (Lipinski definition) is 1. The molecule has 1 aromatic heterocycles. The smallest absolute Gasteiger partial charge is 0.221 e. The van der Waals surface area contributed by atoms with Crippen LogP contribution in [0.1, 0.15) is 12.6 Å². The highest BCUT2D eigenvalue weighted by atomic mass is 79.9. The van der Waals surface area contributed by atoms with E-state index < -0.39 is 0 Å². The van der Waals surface area contributed by atoms with Crippen LogP contribution >= 0.6 is 15.9 Å². The average molecular weight is 369 g/mol. The second-order valence-electron chi connectivity index (χ2n) is 5.43. The number of benzene rings is 2. The lowest BCUT2D eigenvalue weighted by molar-refractivity contribution is -0.114. The van der Waals surface area contributed by atoms with Crippen molar-refractivity contribution in [3.8, 4) is 16.9 Å². The van der Waals surface area contributed by atoms with Gasteiger partial charge >= 0.3 is 0 Å². The van der Waals surface area contributed by atoms with Gasteiger partial charge in [-0.25, -0.2) is 0 Å². The van der Waals surface area contributed by atoms with E-state index in [4.69, 9.17) is 0 Å². The van der Waals surface area contributed by atoms with Gasteiger partial charge in [-0.15, -0.1) is 0 Å². The molecule has 0 aliphatic rings. The SMILES string of the molecule is CC(=O)Nc1ccc(-n2c(C)ccc2-c2ccc(Br)cc2)cc1. The number of carbonyl (C=O) groups excluding carboxylic acids is 1. The van der Waals surface area contributed by atoms with Crippen LogP contribution < -0.4 is 5.32 Å². The number of rotatable bonds is 3. The van der Waals surface area contributed by atoms with Crippen LogP contribution in [0.25, 0.3) is 16.9 Å². The molecule has 0 aliphatic carbocycles. The van der Waals surface area contributed by atoms with E-state index in [1.54, 1.807) is 0 Å². The molecule has 0 bridgehead atoms. The van der Waals surface area contributed by atoms with E-state index in [1.807, 2.05) is 36.4 Å². The number of aromatic nitrogens is 1. The van der Waals surface area contributed by atoms with Crippen molar-refractivity contribution in [2.75, 3.05) is 5.32 Å². The summed E-state index contributed by atoms with van der Waals surface area (Å²) in [5.74, 6) is -0.0644. The Morgan fingerprint density at radius 3 is 2.22 bits per heavy atom. The molecule has 1 N–H and O–H groups in total. The second-order valence-corrected chi connectivity index (χ2v) is 6.35. The molecule has 0 radical (unpaired) electrons. The summed E-state index contributed by atoms with van der Waals surface area (Å²) in [6, 6.07) is 20.4.